The van der Waals surface area contributed by atoms with Gasteiger partial charge in [-0.15, -0.1) is 22.9 Å². The van der Waals surface area contributed by atoms with Gasteiger partial charge in [0.05, 0.1) is 11.6 Å². The third-order valence-electron chi connectivity index (χ3n) is 4.16. The summed E-state index contributed by atoms with van der Waals surface area (Å²) in [6, 6.07) is 8.76. The summed E-state index contributed by atoms with van der Waals surface area (Å²) in [4.78, 5) is 6.95. The molecule has 2 aromatic rings. The molecular formula is C17H21ClN2S. The Kier molecular flexibility index (Phi) is 4.63. The van der Waals surface area contributed by atoms with Crippen molar-refractivity contribution in [2.24, 2.45) is 11.8 Å². The smallest absolute Gasteiger partial charge is 0.123 e. The van der Waals surface area contributed by atoms with E-state index in [1.165, 1.54) is 24.1 Å². The molecule has 2 nitrogen and oxygen atoms in total. The Hall–Kier alpha value is -0.900. The van der Waals surface area contributed by atoms with Gasteiger partial charge in [-0.1, -0.05) is 31.2 Å². The molecule has 0 amide bonds. The average molecular weight is 321 g/mol. The highest BCUT2D eigenvalue weighted by molar-refractivity contribution is 7.13. The van der Waals surface area contributed by atoms with Crippen molar-refractivity contribution in [2.45, 2.75) is 25.8 Å². The van der Waals surface area contributed by atoms with E-state index in [1.54, 1.807) is 11.3 Å². The molecule has 0 spiro atoms. The van der Waals surface area contributed by atoms with E-state index >= 15 is 0 Å². The summed E-state index contributed by atoms with van der Waals surface area (Å²) in [6.07, 6.45) is 1.40. The summed E-state index contributed by atoms with van der Waals surface area (Å²) >= 11 is 7.46. The van der Waals surface area contributed by atoms with Crippen LogP contribution < -0.4 is 0 Å². The zero-order valence-electron chi connectivity index (χ0n) is 12.6. The van der Waals surface area contributed by atoms with Gasteiger partial charge < -0.3 is 4.90 Å². The standard InChI is InChI=1S/C17H21ClN2S/c1-12-7-15(12)10-20(2)9-13-3-5-14(6-4-13)17-19-16(8-18)11-21-17/h3-6,11-12,15H,7-10H2,1-2H3. The molecule has 4 heteroatoms. The Balaban J connectivity index is 1.60. The van der Waals surface area contributed by atoms with E-state index < -0.39 is 0 Å². The summed E-state index contributed by atoms with van der Waals surface area (Å²) < 4.78 is 0. The largest absolute Gasteiger partial charge is 0.302 e. The number of aromatic nitrogens is 1. The lowest BCUT2D eigenvalue weighted by molar-refractivity contribution is 0.307. The number of hydrogen-bond acceptors (Lipinski definition) is 3. The molecule has 0 N–H and O–H groups in total. The van der Waals surface area contributed by atoms with Crippen molar-refractivity contribution in [3.05, 3.63) is 40.9 Å². The van der Waals surface area contributed by atoms with Crippen molar-refractivity contribution in [1.29, 1.82) is 0 Å². The predicted molar refractivity (Wildman–Crippen MR) is 90.7 cm³/mol. The lowest BCUT2D eigenvalue weighted by Gasteiger charge is -2.16. The fourth-order valence-electron chi connectivity index (χ4n) is 2.68. The van der Waals surface area contributed by atoms with Crippen LogP contribution in [0.15, 0.2) is 29.6 Å². The van der Waals surface area contributed by atoms with Crippen LogP contribution in [0.1, 0.15) is 24.6 Å². The number of hydrogen-bond donors (Lipinski definition) is 0. The van der Waals surface area contributed by atoms with Gasteiger partial charge in [0.15, 0.2) is 0 Å². The molecule has 0 aliphatic heterocycles. The second kappa shape index (κ2) is 6.47. The van der Waals surface area contributed by atoms with Crippen molar-refractivity contribution in [3.8, 4) is 10.6 Å². The van der Waals surface area contributed by atoms with E-state index in [4.69, 9.17) is 11.6 Å². The number of alkyl halides is 1. The SMILES string of the molecule is CC1CC1CN(C)Cc1ccc(-c2nc(CCl)cs2)cc1. The molecule has 1 fully saturated rings. The minimum absolute atomic E-state index is 0.485. The van der Waals surface area contributed by atoms with Crippen LogP contribution in [0.4, 0.5) is 0 Å². The van der Waals surface area contributed by atoms with Crippen LogP contribution in [-0.2, 0) is 12.4 Å². The van der Waals surface area contributed by atoms with Crippen LogP contribution in [0.2, 0.25) is 0 Å². The Labute approximate surface area is 135 Å². The van der Waals surface area contributed by atoms with Gasteiger partial charge in [0.1, 0.15) is 5.01 Å². The number of halogens is 1. The summed E-state index contributed by atoms with van der Waals surface area (Å²) in [6.45, 7) is 4.58. The highest BCUT2D eigenvalue weighted by atomic mass is 35.5. The monoisotopic (exact) mass is 320 g/mol. The molecule has 3 rings (SSSR count). The molecule has 1 aromatic carbocycles. The summed E-state index contributed by atoms with van der Waals surface area (Å²) in [7, 11) is 2.21. The number of nitrogens with zero attached hydrogens (tertiary/aromatic N) is 2. The van der Waals surface area contributed by atoms with Gasteiger partial charge in [0, 0.05) is 24.0 Å². The van der Waals surface area contributed by atoms with Crippen LogP contribution >= 0.6 is 22.9 Å². The third-order valence-corrected chi connectivity index (χ3v) is 5.38. The molecule has 1 heterocycles. The fraction of sp³-hybridized carbons (Fsp3) is 0.471. The normalized spacial score (nSPS) is 21.0. The predicted octanol–water partition coefficient (Wildman–Crippen LogP) is 4.64. The van der Waals surface area contributed by atoms with E-state index in [1.807, 2.05) is 5.38 Å². The molecule has 1 aliphatic carbocycles. The Morgan fingerprint density at radius 2 is 2.05 bits per heavy atom. The Bertz CT molecular complexity index is 593. The molecular weight excluding hydrogens is 300 g/mol. The van der Waals surface area contributed by atoms with Crippen LogP contribution in [0, 0.1) is 11.8 Å². The minimum atomic E-state index is 0.485. The average Bonchev–Trinajstić information content (AvgIpc) is 2.99. The first-order valence-corrected chi connectivity index (χ1v) is 8.85. The number of benzene rings is 1. The van der Waals surface area contributed by atoms with Crippen molar-refractivity contribution < 1.29 is 0 Å². The molecule has 0 bridgehead atoms. The first-order valence-electron chi connectivity index (χ1n) is 7.44. The van der Waals surface area contributed by atoms with Gasteiger partial charge >= 0.3 is 0 Å². The highest BCUT2D eigenvalue weighted by Gasteiger charge is 2.32. The van der Waals surface area contributed by atoms with E-state index in [2.05, 4.69) is 48.1 Å². The van der Waals surface area contributed by atoms with E-state index in [0.717, 1.165) is 29.1 Å². The molecule has 2 atom stereocenters. The third kappa shape index (κ3) is 3.85. The van der Waals surface area contributed by atoms with Gasteiger partial charge in [0.25, 0.3) is 0 Å². The van der Waals surface area contributed by atoms with Gasteiger partial charge in [-0.2, -0.15) is 0 Å². The van der Waals surface area contributed by atoms with Crippen LogP contribution in [0.5, 0.6) is 0 Å². The highest BCUT2D eigenvalue weighted by Crippen LogP contribution is 2.38. The maximum atomic E-state index is 5.81. The topological polar surface area (TPSA) is 16.1 Å². The maximum Gasteiger partial charge on any atom is 0.123 e. The first kappa shape index (κ1) is 15.0. The lowest BCUT2D eigenvalue weighted by atomic mass is 10.1. The van der Waals surface area contributed by atoms with Crippen molar-refractivity contribution in [3.63, 3.8) is 0 Å². The molecule has 112 valence electrons. The Morgan fingerprint density at radius 1 is 1.33 bits per heavy atom. The maximum absolute atomic E-state index is 5.81. The molecule has 21 heavy (non-hydrogen) atoms. The molecule has 0 saturated heterocycles. The zero-order valence-corrected chi connectivity index (χ0v) is 14.1. The van der Waals surface area contributed by atoms with E-state index in [9.17, 15) is 0 Å². The second-order valence-corrected chi connectivity index (χ2v) is 7.27. The first-order chi connectivity index (χ1) is 10.2. The summed E-state index contributed by atoms with van der Waals surface area (Å²) in [5.74, 6) is 2.33. The van der Waals surface area contributed by atoms with Gasteiger partial charge in [-0.3, -0.25) is 0 Å². The number of rotatable bonds is 6. The Morgan fingerprint density at radius 3 is 2.62 bits per heavy atom. The molecule has 1 aromatic heterocycles. The molecule has 1 saturated carbocycles. The number of thiazole rings is 1. The van der Waals surface area contributed by atoms with Crippen LogP contribution in [-0.4, -0.2) is 23.5 Å². The van der Waals surface area contributed by atoms with Gasteiger partial charge in [0.2, 0.25) is 0 Å². The van der Waals surface area contributed by atoms with E-state index in [-0.39, 0.29) is 0 Å². The van der Waals surface area contributed by atoms with E-state index in [0.29, 0.717) is 5.88 Å². The summed E-state index contributed by atoms with van der Waals surface area (Å²) in [5.41, 5.74) is 3.50. The second-order valence-electron chi connectivity index (χ2n) is 6.14. The summed E-state index contributed by atoms with van der Waals surface area (Å²) in [5, 5.41) is 3.08. The van der Waals surface area contributed by atoms with Crippen molar-refractivity contribution >= 4 is 22.9 Å². The molecule has 2 unspecified atom stereocenters. The van der Waals surface area contributed by atoms with Gasteiger partial charge in [-0.05, 0) is 30.9 Å². The molecule has 0 radical (unpaired) electrons. The van der Waals surface area contributed by atoms with Crippen molar-refractivity contribution in [1.82, 2.24) is 9.88 Å². The molecule has 1 aliphatic rings. The minimum Gasteiger partial charge on any atom is -0.302 e. The zero-order chi connectivity index (χ0) is 14.8. The fourth-order valence-corrected chi connectivity index (χ4v) is 3.74. The van der Waals surface area contributed by atoms with Crippen molar-refractivity contribution in [2.75, 3.05) is 13.6 Å². The lowest BCUT2D eigenvalue weighted by Crippen LogP contribution is -2.20. The van der Waals surface area contributed by atoms with Crippen LogP contribution in [0.3, 0.4) is 0 Å². The quantitative estimate of drug-likeness (QED) is 0.721. The van der Waals surface area contributed by atoms with Gasteiger partial charge in [-0.25, -0.2) is 4.98 Å². The van der Waals surface area contributed by atoms with Crippen LogP contribution in [0.25, 0.3) is 10.6 Å².